The van der Waals surface area contributed by atoms with Gasteiger partial charge in [0.1, 0.15) is 10.9 Å². The number of H-pyrrole nitrogens is 1. The van der Waals surface area contributed by atoms with Crippen molar-refractivity contribution in [3.05, 3.63) is 31.8 Å². The van der Waals surface area contributed by atoms with E-state index < -0.39 is 35.7 Å². The molecule has 0 aliphatic carbocycles. The zero-order chi connectivity index (χ0) is 17.1. The first-order valence-electron chi connectivity index (χ1n) is 6.84. The molecule has 0 spiro atoms. The van der Waals surface area contributed by atoms with Crippen LogP contribution in [0.25, 0.3) is 10.2 Å². The summed E-state index contributed by atoms with van der Waals surface area (Å²) in [6.07, 6.45) is 0.242. The summed E-state index contributed by atoms with van der Waals surface area (Å²) in [5, 5.41) is 0.296. The number of carbonyl (C=O) groups is 2. The molecule has 124 valence electrons. The molecule has 1 atom stereocenters. The van der Waals surface area contributed by atoms with Crippen molar-refractivity contribution in [3.8, 4) is 0 Å². The first kappa shape index (κ1) is 16.9. The summed E-state index contributed by atoms with van der Waals surface area (Å²) in [6.45, 7) is 1.93. The van der Waals surface area contributed by atoms with E-state index in [0.29, 0.717) is 21.2 Å². The second-order valence-corrected chi connectivity index (χ2v) is 5.87. The molecule has 2 heterocycles. The highest BCUT2D eigenvalue weighted by Crippen LogP contribution is 2.21. The number of aromatic nitrogens is 2. The van der Waals surface area contributed by atoms with Crippen molar-refractivity contribution in [1.29, 1.82) is 0 Å². The minimum atomic E-state index is -1.38. The zero-order valence-electron chi connectivity index (χ0n) is 12.9. The molecule has 2 rings (SSSR count). The van der Waals surface area contributed by atoms with Gasteiger partial charge in [-0.3, -0.25) is 14.6 Å². The largest absolute Gasteiger partial charge is 0.469 e. The van der Waals surface area contributed by atoms with Crippen molar-refractivity contribution < 1.29 is 19.1 Å². The smallest absolute Gasteiger partial charge is 0.330 e. The number of thiophene rings is 1. The van der Waals surface area contributed by atoms with E-state index in [1.165, 1.54) is 11.3 Å². The number of methoxy groups -OCH3 is 2. The number of rotatable bonds is 5. The van der Waals surface area contributed by atoms with Crippen LogP contribution in [0.4, 0.5) is 0 Å². The number of nitrogens with zero attached hydrogens (tertiary/aromatic N) is 1. The zero-order valence-corrected chi connectivity index (χ0v) is 13.7. The second kappa shape index (κ2) is 6.78. The number of aryl methyl sites for hydroxylation is 1. The van der Waals surface area contributed by atoms with Crippen molar-refractivity contribution in [3.63, 3.8) is 0 Å². The van der Waals surface area contributed by atoms with Gasteiger partial charge < -0.3 is 9.47 Å². The second-order valence-electron chi connectivity index (χ2n) is 4.73. The molecular weight excluding hydrogens is 324 g/mol. The Morgan fingerprint density at radius 2 is 2.00 bits per heavy atom. The molecule has 0 fully saturated rings. The van der Waals surface area contributed by atoms with Gasteiger partial charge in [-0.05, 0) is 12.5 Å². The molecule has 0 amide bonds. The van der Waals surface area contributed by atoms with E-state index in [2.05, 4.69) is 14.5 Å². The van der Waals surface area contributed by atoms with Crippen LogP contribution in [0.3, 0.4) is 0 Å². The Morgan fingerprint density at radius 1 is 1.30 bits per heavy atom. The highest BCUT2D eigenvalue weighted by Gasteiger charge is 2.29. The summed E-state index contributed by atoms with van der Waals surface area (Å²) in [6, 6.07) is 0.291. The fourth-order valence-electron chi connectivity index (χ4n) is 2.19. The third kappa shape index (κ3) is 3.19. The highest BCUT2D eigenvalue weighted by atomic mass is 32.1. The van der Waals surface area contributed by atoms with E-state index in [9.17, 15) is 19.2 Å². The molecule has 2 aromatic heterocycles. The summed E-state index contributed by atoms with van der Waals surface area (Å²) >= 11 is 1.30. The van der Waals surface area contributed by atoms with Gasteiger partial charge in [0.05, 0.1) is 26.0 Å². The van der Waals surface area contributed by atoms with Gasteiger partial charge in [0.15, 0.2) is 0 Å². The monoisotopic (exact) mass is 340 g/mol. The Morgan fingerprint density at radius 3 is 2.57 bits per heavy atom. The van der Waals surface area contributed by atoms with Crippen LogP contribution in [-0.4, -0.2) is 35.7 Å². The third-order valence-electron chi connectivity index (χ3n) is 3.39. The molecule has 9 heteroatoms. The molecule has 1 N–H and O–H groups in total. The topological polar surface area (TPSA) is 107 Å². The molecule has 0 bridgehead atoms. The number of hydrogen-bond acceptors (Lipinski definition) is 7. The summed E-state index contributed by atoms with van der Waals surface area (Å²) < 4.78 is 9.82. The minimum absolute atomic E-state index is 0.296. The average molecular weight is 340 g/mol. The lowest BCUT2D eigenvalue weighted by Crippen LogP contribution is -2.42. The minimum Gasteiger partial charge on any atom is -0.469 e. The molecule has 2 aromatic rings. The normalized spacial score (nSPS) is 12.1. The lowest BCUT2D eigenvalue weighted by molar-refractivity contribution is -0.151. The molecule has 23 heavy (non-hydrogen) atoms. The van der Waals surface area contributed by atoms with Crippen LogP contribution in [0.1, 0.15) is 24.3 Å². The summed E-state index contributed by atoms with van der Waals surface area (Å²) in [4.78, 5) is 52.2. The lowest BCUT2D eigenvalue weighted by atomic mass is 10.2. The third-order valence-corrected chi connectivity index (χ3v) is 4.59. The molecular formula is C14H16N2O6S. The molecule has 0 saturated carbocycles. The SMILES string of the molecule is CCc1cc2c(=O)n([C@@H](CC(=O)OC)C(=O)OC)c(=O)[nH]c2s1. The fourth-order valence-corrected chi connectivity index (χ4v) is 3.17. The molecule has 0 unspecified atom stereocenters. The van der Waals surface area contributed by atoms with Gasteiger partial charge in [-0.1, -0.05) is 6.92 Å². The predicted octanol–water partition coefficient (Wildman–Crippen LogP) is 0.591. The van der Waals surface area contributed by atoms with Crippen molar-refractivity contribution in [1.82, 2.24) is 9.55 Å². The van der Waals surface area contributed by atoms with Crippen LogP contribution in [-0.2, 0) is 25.5 Å². The van der Waals surface area contributed by atoms with Gasteiger partial charge >= 0.3 is 17.6 Å². The maximum Gasteiger partial charge on any atom is 0.330 e. The van der Waals surface area contributed by atoms with E-state index in [0.717, 1.165) is 19.1 Å². The van der Waals surface area contributed by atoms with Crippen molar-refractivity contribution >= 4 is 33.5 Å². The van der Waals surface area contributed by atoms with Gasteiger partial charge in [0.2, 0.25) is 0 Å². The number of carbonyl (C=O) groups excluding carboxylic acids is 2. The van der Waals surface area contributed by atoms with Crippen LogP contribution in [0, 0.1) is 0 Å². The Balaban J connectivity index is 2.67. The molecule has 0 radical (unpaired) electrons. The molecule has 0 aromatic carbocycles. The Hall–Kier alpha value is -2.42. The number of esters is 2. The van der Waals surface area contributed by atoms with E-state index in [1.54, 1.807) is 6.07 Å². The number of nitrogens with one attached hydrogen (secondary N) is 1. The predicted molar refractivity (Wildman–Crippen MR) is 83.8 cm³/mol. The Labute approximate surface area is 134 Å². The number of fused-ring (bicyclic) bond motifs is 1. The van der Waals surface area contributed by atoms with Crippen molar-refractivity contribution in [2.45, 2.75) is 25.8 Å². The van der Waals surface area contributed by atoms with E-state index in [-0.39, 0.29) is 0 Å². The van der Waals surface area contributed by atoms with E-state index in [1.807, 2.05) is 6.92 Å². The van der Waals surface area contributed by atoms with Gasteiger partial charge in [-0.25, -0.2) is 14.2 Å². The number of aromatic amines is 1. The first-order valence-corrected chi connectivity index (χ1v) is 7.66. The standard InChI is InChI=1S/C14H16N2O6S/c1-4-7-5-8-11(23-7)15-14(20)16(12(8)18)9(13(19)22-3)6-10(17)21-2/h5,9H,4,6H2,1-3H3,(H,15,20)/t9-/m0/s1. The number of ether oxygens (including phenoxy) is 2. The Bertz CT molecular complexity index is 862. The molecule has 0 aliphatic heterocycles. The van der Waals surface area contributed by atoms with Crippen LogP contribution >= 0.6 is 11.3 Å². The lowest BCUT2D eigenvalue weighted by Gasteiger charge is -2.15. The maximum atomic E-state index is 12.6. The summed E-state index contributed by atoms with van der Waals surface area (Å²) in [5.74, 6) is -1.60. The van der Waals surface area contributed by atoms with Crippen molar-refractivity contribution in [2.24, 2.45) is 0 Å². The summed E-state index contributed by atoms with van der Waals surface area (Å²) in [7, 11) is 2.27. The number of hydrogen-bond donors (Lipinski definition) is 1. The quantitative estimate of drug-likeness (QED) is 0.798. The molecule has 0 aliphatic rings. The van der Waals surface area contributed by atoms with E-state index >= 15 is 0 Å². The van der Waals surface area contributed by atoms with Crippen LogP contribution in [0.2, 0.25) is 0 Å². The average Bonchev–Trinajstić information content (AvgIpc) is 2.96. The molecule has 0 saturated heterocycles. The maximum absolute atomic E-state index is 12.6. The first-order chi connectivity index (χ1) is 10.9. The van der Waals surface area contributed by atoms with E-state index in [4.69, 9.17) is 0 Å². The fraction of sp³-hybridized carbons (Fsp3) is 0.429. The van der Waals surface area contributed by atoms with Crippen molar-refractivity contribution in [2.75, 3.05) is 14.2 Å². The summed E-state index contributed by atoms with van der Waals surface area (Å²) in [5.41, 5.74) is -1.41. The van der Waals surface area contributed by atoms with Gasteiger partial charge in [0.25, 0.3) is 5.56 Å². The molecule has 8 nitrogen and oxygen atoms in total. The highest BCUT2D eigenvalue weighted by molar-refractivity contribution is 7.18. The van der Waals surface area contributed by atoms with Crippen LogP contribution in [0.15, 0.2) is 15.7 Å². The van der Waals surface area contributed by atoms with Gasteiger partial charge in [0, 0.05) is 4.88 Å². The van der Waals surface area contributed by atoms with Gasteiger partial charge in [-0.15, -0.1) is 11.3 Å². The Kier molecular flexibility index (Phi) is 4.99. The van der Waals surface area contributed by atoms with Gasteiger partial charge in [-0.2, -0.15) is 0 Å². The van der Waals surface area contributed by atoms with Crippen LogP contribution in [0.5, 0.6) is 0 Å². The van der Waals surface area contributed by atoms with Crippen LogP contribution < -0.4 is 11.2 Å².